The Hall–Kier alpha value is -3.22. The van der Waals surface area contributed by atoms with Crippen molar-refractivity contribution in [2.45, 2.75) is 19.6 Å². The Morgan fingerprint density at radius 2 is 1.72 bits per heavy atom. The van der Waals surface area contributed by atoms with Crippen molar-refractivity contribution in [1.29, 1.82) is 0 Å². The predicted octanol–water partition coefficient (Wildman–Crippen LogP) is 1.89. The van der Waals surface area contributed by atoms with E-state index in [0.717, 1.165) is 15.8 Å². The number of hydrogen-bond acceptors (Lipinski definition) is 4. The van der Waals surface area contributed by atoms with Gasteiger partial charge < -0.3 is 4.74 Å². The van der Waals surface area contributed by atoms with Crippen molar-refractivity contribution in [3.63, 3.8) is 0 Å². The molecule has 0 spiro atoms. The van der Waals surface area contributed by atoms with E-state index in [2.05, 4.69) is 10.1 Å². The van der Waals surface area contributed by atoms with E-state index < -0.39 is 11.2 Å². The van der Waals surface area contributed by atoms with Gasteiger partial charge in [-0.3, -0.25) is 9.78 Å². The molecule has 3 rings (SSSR count). The van der Waals surface area contributed by atoms with E-state index in [1.165, 1.54) is 12.1 Å². The Bertz CT molecular complexity index is 950. The smallest absolute Gasteiger partial charge is 0.344 e. The monoisotopic (exact) mass is 341 g/mol. The Morgan fingerprint density at radius 1 is 1.00 bits per heavy atom. The summed E-state index contributed by atoms with van der Waals surface area (Å²) in [5.74, 6) is -0.484. The second-order valence-electron chi connectivity index (χ2n) is 5.44. The number of aromatic amines is 1. The molecule has 0 radical (unpaired) electrons. The van der Waals surface area contributed by atoms with Crippen molar-refractivity contribution in [3.05, 3.63) is 92.4 Å². The Kier molecular flexibility index (Phi) is 5.03. The molecule has 0 fully saturated rings. The first kappa shape index (κ1) is 16.6. The maximum absolute atomic E-state index is 12.9. The van der Waals surface area contributed by atoms with Gasteiger partial charge in [-0.2, -0.15) is 0 Å². The highest BCUT2D eigenvalue weighted by atomic mass is 19.1. The minimum atomic E-state index is -0.668. The first-order valence-corrected chi connectivity index (χ1v) is 7.74. The van der Waals surface area contributed by atoms with Gasteiger partial charge in [-0.05, 0) is 29.7 Å². The first-order valence-electron chi connectivity index (χ1n) is 7.74. The van der Waals surface area contributed by atoms with Gasteiger partial charge in [0.25, 0.3) is 5.88 Å². The van der Waals surface area contributed by atoms with Gasteiger partial charge in [0.15, 0.2) is 0 Å². The summed E-state index contributed by atoms with van der Waals surface area (Å²) >= 11 is 0. The van der Waals surface area contributed by atoms with Crippen LogP contribution in [0.4, 0.5) is 4.39 Å². The quantitative estimate of drug-likeness (QED) is 0.743. The average Bonchev–Trinajstić information content (AvgIpc) is 2.62. The molecule has 1 N–H and O–H groups in total. The molecule has 0 saturated heterocycles. The minimum absolute atomic E-state index is 0.164. The summed E-state index contributed by atoms with van der Waals surface area (Å²) in [4.78, 5) is 25.9. The molecule has 3 aromatic rings. The van der Waals surface area contributed by atoms with Crippen LogP contribution in [0.3, 0.4) is 0 Å². The molecule has 0 aliphatic carbocycles. The summed E-state index contributed by atoms with van der Waals surface area (Å²) in [5.41, 5.74) is 0.457. The third-order valence-corrected chi connectivity index (χ3v) is 3.60. The highest BCUT2D eigenvalue weighted by molar-refractivity contribution is 5.16. The number of aryl methyl sites for hydroxylation is 2. The maximum atomic E-state index is 12.9. The second kappa shape index (κ2) is 7.57. The molecular formula is C18H16FN3O3. The second-order valence-corrected chi connectivity index (χ2v) is 5.44. The van der Waals surface area contributed by atoms with Crippen molar-refractivity contribution in [2.24, 2.45) is 0 Å². The molecule has 0 unspecified atom stereocenters. The third kappa shape index (κ3) is 4.41. The molecule has 0 amide bonds. The number of halogens is 1. The van der Waals surface area contributed by atoms with Crippen molar-refractivity contribution >= 4 is 0 Å². The van der Waals surface area contributed by atoms with E-state index in [-0.39, 0.29) is 24.8 Å². The zero-order valence-corrected chi connectivity index (χ0v) is 13.3. The summed E-state index contributed by atoms with van der Waals surface area (Å²) in [6.07, 6.45) is 0.470. The number of hydrogen-bond donors (Lipinski definition) is 1. The van der Waals surface area contributed by atoms with Crippen molar-refractivity contribution < 1.29 is 9.13 Å². The molecule has 2 aromatic carbocycles. The topological polar surface area (TPSA) is 77.0 Å². The van der Waals surface area contributed by atoms with Crippen LogP contribution in [0, 0.1) is 5.82 Å². The van der Waals surface area contributed by atoms with Crippen molar-refractivity contribution in [2.75, 3.05) is 0 Å². The highest BCUT2D eigenvalue weighted by Crippen LogP contribution is 2.05. The fraction of sp³-hybridized carbons (Fsp3) is 0.167. The summed E-state index contributed by atoms with van der Waals surface area (Å²) in [6, 6.07) is 15.3. The SMILES string of the molecule is O=c1[nH]c(=O)n(CCc2ccc(F)cc2)nc1OCc1ccccc1. The lowest BCUT2D eigenvalue weighted by Gasteiger charge is -2.08. The van der Waals surface area contributed by atoms with E-state index in [0.29, 0.717) is 6.42 Å². The Balaban J connectivity index is 1.72. The molecular weight excluding hydrogens is 325 g/mol. The summed E-state index contributed by atoms with van der Waals surface area (Å²) < 4.78 is 19.5. The van der Waals surface area contributed by atoms with Crippen LogP contribution >= 0.6 is 0 Å². The Morgan fingerprint density at radius 3 is 2.44 bits per heavy atom. The summed E-state index contributed by atoms with van der Waals surface area (Å²) in [7, 11) is 0. The van der Waals surface area contributed by atoms with Gasteiger partial charge in [-0.15, -0.1) is 5.10 Å². The lowest BCUT2D eigenvalue weighted by atomic mass is 10.1. The van der Waals surface area contributed by atoms with E-state index >= 15 is 0 Å². The van der Waals surface area contributed by atoms with Crippen LogP contribution in [0.2, 0.25) is 0 Å². The van der Waals surface area contributed by atoms with Gasteiger partial charge in [-0.1, -0.05) is 42.5 Å². The maximum Gasteiger partial charge on any atom is 0.344 e. The molecule has 0 saturated carbocycles. The number of rotatable bonds is 6. The molecule has 6 nitrogen and oxygen atoms in total. The number of aromatic nitrogens is 3. The van der Waals surface area contributed by atoms with Gasteiger partial charge in [0.05, 0.1) is 6.54 Å². The summed E-state index contributed by atoms with van der Waals surface area (Å²) in [6.45, 7) is 0.413. The fourth-order valence-electron chi connectivity index (χ4n) is 2.27. The largest absolute Gasteiger partial charge is 0.468 e. The molecule has 7 heteroatoms. The average molecular weight is 341 g/mol. The lowest BCUT2D eigenvalue weighted by Crippen LogP contribution is -2.33. The van der Waals surface area contributed by atoms with Crippen LogP contribution in [-0.2, 0) is 19.6 Å². The van der Waals surface area contributed by atoms with Crippen molar-refractivity contribution in [3.8, 4) is 5.88 Å². The van der Waals surface area contributed by atoms with Crippen molar-refractivity contribution in [1.82, 2.24) is 14.8 Å². The standard InChI is InChI=1S/C18H16FN3O3/c19-15-8-6-13(7-9-15)10-11-22-18(24)20-16(23)17(21-22)25-12-14-4-2-1-3-5-14/h1-9H,10-12H2,(H,20,23,24). The van der Waals surface area contributed by atoms with Crippen LogP contribution in [-0.4, -0.2) is 14.8 Å². The first-order chi connectivity index (χ1) is 12.1. The lowest BCUT2D eigenvalue weighted by molar-refractivity contribution is 0.275. The van der Waals surface area contributed by atoms with Gasteiger partial charge in [-0.25, -0.2) is 13.9 Å². The minimum Gasteiger partial charge on any atom is -0.468 e. The van der Waals surface area contributed by atoms with Crippen LogP contribution in [0.15, 0.2) is 64.2 Å². The third-order valence-electron chi connectivity index (χ3n) is 3.60. The molecule has 128 valence electrons. The van der Waals surface area contributed by atoms with Gasteiger partial charge in [0, 0.05) is 0 Å². The van der Waals surface area contributed by atoms with E-state index in [1.807, 2.05) is 30.3 Å². The number of nitrogens with one attached hydrogen (secondary N) is 1. The summed E-state index contributed by atoms with van der Waals surface area (Å²) in [5, 5.41) is 3.98. The van der Waals surface area contributed by atoms with Crippen LogP contribution in [0.5, 0.6) is 5.88 Å². The van der Waals surface area contributed by atoms with E-state index in [9.17, 15) is 14.0 Å². The highest BCUT2D eigenvalue weighted by Gasteiger charge is 2.08. The van der Waals surface area contributed by atoms with Crippen LogP contribution in [0.1, 0.15) is 11.1 Å². The number of H-pyrrole nitrogens is 1. The van der Waals surface area contributed by atoms with Crippen LogP contribution in [0.25, 0.3) is 0 Å². The zero-order chi connectivity index (χ0) is 17.6. The van der Waals surface area contributed by atoms with Gasteiger partial charge >= 0.3 is 11.2 Å². The molecule has 25 heavy (non-hydrogen) atoms. The number of benzene rings is 2. The molecule has 1 heterocycles. The number of ether oxygens (including phenoxy) is 1. The Labute approximate surface area is 142 Å². The zero-order valence-electron chi connectivity index (χ0n) is 13.3. The fourth-order valence-corrected chi connectivity index (χ4v) is 2.27. The van der Waals surface area contributed by atoms with E-state index in [4.69, 9.17) is 4.74 Å². The van der Waals surface area contributed by atoms with E-state index in [1.54, 1.807) is 12.1 Å². The molecule has 0 aliphatic heterocycles. The molecule has 0 atom stereocenters. The molecule has 1 aromatic heterocycles. The number of nitrogens with zero attached hydrogens (tertiary/aromatic N) is 2. The van der Waals surface area contributed by atoms with Crippen LogP contribution < -0.4 is 16.0 Å². The normalized spacial score (nSPS) is 10.6. The predicted molar refractivity (Wildman–Crippen MR) is 90.0 cm³/mol. The molecule has 0 bridgehead atoms. The van der Waals surface area contributed by atoms with Gasteiger partial charge in [0.1, 0.15) is 12.4 Å². The van der Waals surface area contributed by atoms with Gasteiger partial charge in [0.2, 0.25) is 0 Å². The molecule has 0 aliphatic rings.